The van der Waals surface area contributed by atoms with Crippen LogP contribution in [0.1, 0.15) is 5.56 Å². The number of benzene rings is 2. The van der Waals surface area contributed by atoms with Gasteiger partial charge in [-0.15, -0.1) is 6.58 Å². The van der Waals surface area contributed by atoms with Crippen molar-refractivity contribution in [3.05, 3.63) is 71.1 Å². The monoisotopic (exact) mass is 324 g/mol. The lowest BCUT2D eigenvalue weighted by Gasteiger charge is -2.08. The zero-order valence-electron chi connectivity index (χ0n) is 12.5. The van der Waals surface area contributed by atoms with Gasteiger partial charge in [0.05, 0.1) is 6.54 Å². The molecule has 0 saturated heterocycles. The Morgan fingerprint density at radius 3 is 2.96 bits per heavy atom. The molecule has 1 heterocycles. The summed E-state index contributed by atoms with van der Waals surface area (Å²) < 4.78 is 5.34. The summed E-state index contributed by atoms with van der Waals surface area (Å²) in [7, 11) is 0. The van der Waals surface area contributed by atoms with Gasteiger partial charge in [0.15, 0.2) is 5.17 Å². The van der Waals surface area contributed by atoms with E-state index in [0.29, 0.717) is 23.0 Å². The predicted molar refractivity (Wildman–Crippen MR) is 98.0 cm³/mol. The normalized spacial score (nSPS) is 11.9. The first-order valence-corrected chi connectivity index (χ1v) is 8.15. The molecule has 4 nitrogen and oxygen atoms in total. The van der Waals surface area contributed by atoms with Crippen LogP contribution < -0.4 is 11.4 Å². The van der Waals surface area contributed by atoms with E-state index < -0.39 is 0 Å². The third-order valence-corrected chi connectivity index (χ3v) is 4.35. The Morgan fingerprint density at radius 2 is 2.13 bits per heavy atom. The molecule has 116 valence electrons. The maximum atomic E-state index is 11.8. The van der Waals surface area contributed by atoms with E-state index >= 15 is 0 Å². The summed E-state index contributed by atoms with van der Waals surface area (Å²) in [6.45, 7) is 4.10. The summed E-state index contributed by atoms with van der Waals surface area (Å²) >= 11 is 1.40. The number of thioether (sulfide) groups is 1. The molecule has 5 heteroatoms. The second-order valence-electron chi connectivity index (χ2n) is 5.01. The zero-order valence-corrected chi connectivity index (χ0v) is 13.3. The maximum absolute atomic E-state index is 11.8. The van der Waals surface area contributed by atoms with Crippen LogP contribution in [0, 0.1) is 0 Å². The molecular formula is C18H16N2O2S. The van der Waals surface area contributed by atoms with Crippen LogP contribution in [-0.4, -0.2) is 11.7 Å². The van der Waals surface area contributed by atoms with Crippen LogP contribution >= 0.6 is 11.8 Å². The number of aliphatic imine (C=N–C) groups is 1. The topological polar surface area (TPSA) is 68.6 Å². The van der Waals surface area contributed by atoms with Crippen LogP contribution in [0.2, 0.25) is 0 Å². The first kappa shape index (κ1) is 15.4. The third-order valence-electron chi connectivity index (χ3n) is 3.47. The molecule has 0 saturated carbocycles. The highest BCUT2D eigenvalue weighted by Gasteiger charge is 2.10. The van der Waals surface area contributed by atoms with Crippen molar-refractivity contribution in [1.82, 2.24) is 0 Å². The molecule has 0 bridgehead atoms. The molecule has 1 aromatic heterocycles. The molecule has 2 aromatic carbocycles. The Labute approximate surface area is 137 Å². The number of fused-ring (bicyclic) bond motifs is 3. The molecule has 0 radical (unpaired) electrons. The summed E-state index contributed by atoms with van der Waals surface area (Å²) in [6, 6.07) is 13.4. The highest BCUT2D eigenvalue weighted by molar-refractivity contribution is 8.13. The average Bonchev–Trinajstić information content (AvgIpc) is 2.57. The van der Waals surface area contributed by atoms with Crippen molar-refractivity contribution in [2.45, 2.75) is 5.75 Å². The highest BCUT2D eigenvalue weighted by atomic mass is 32.2. The maximum Gasteiger partial charge on any atom is 0.336 e. The average molecular weight is 324 g/mol. The van der Waals surface area contributed by atoms with Gasteiger partial charge >= 0.3 is 5.63 Å². The fourth-order valence-electron chi connectivity index (χ4n) is 2.49. The molecule has 0 spiro atoms. The minimum absolute atomic E-state index is 0.356. The molecule has 0 amide bonds. The first-order valence-electron chi connectivity index (χ1n) is 7.17. The summed E-state index contributed by atoms with van der Waals surface area (Å²) in [6.07, 6.45) is 1.69. The lowest BCUT2D eigenvalue weighted by Crippen LogP contribution is -2.08. The van der Waals surface area contributed by atoms with E-state index in [0.717, 1.165) is 21.7 Å². The lowest BCUT2D eigenvalue weighted by molar-refractivity contribution is 0.560. The Hall–Kier alpha value is -2.53. The van der Waals surface area contributed by atoms with E-state index in [2.05, 4.69) is 11.6 Å². The van der Waals surface area contributed by atoms with Gasteiger partial charge in [0.2, 0.25) is 0 Å². The quantitative estimate of drug-likeness (QED) is 0.261. The van der Waals surface area contributed by atoms with Crippen molar-refractivity contribution < 1.29 is 4.42 Å². The first-order chi connectivity index (χ1) is 11.2. The van der Waals surface area contributed by atoms with Gasteiger partial charge in [-0.05, 0) is 22.4 Å². The number of nitrogens with zero attached hydrogens (tertiary/aromatic N) is 1. The van der Waals surface area contributed by atoms with E-state index in [1.165, 1.54) is 17.8 Å². The number of rotatable bonds is 4. The van der Waals surface area contributed by atoms with Crippen LogP contribution in [0.4, 0.5) is 0 Å². The van der Waals surface area contributed by atoms with Gasteiger partial charge in [-0.3, -0.25) is 4.99 Å². The van der Waals surface area contributed by atoms with E-state index in [-0.39, 0.29) is 5.63 Å². The van der Waals surface area contributed by atoms with Crippen LogP contribution in [0.5, 0.6) is 0 Å². The van der Waals surface area contributed by atoms with Gasteiger partial charge in [-0.1, -0.05) is 48.2 Å². The van der Waals surface area contributed by atoms with Crippen molar-refractivity contribution in [3.63, 3.8) is 0 Å². The summed E-state index contributed by atoms with van der Waals surface area (Å²) in [5.41, 5.74) is 7.00. The summed E-state index contributed by atoms with van der Waals surface area (Å²) in [4.78, 5) is 16.0. The number of nitrogens with two attached hydrogens (primary N) is 1. The smallest absolute Gasteiger partial charge is 0.336 e. The standard InChI is InChI=1S/C18H16N2O2S/c1-2-9-20-18(19)23-11-13-10-16(21)22-15-8-7-12-5-3-4-6-14(12)17(13)15/h2-8,10H,1,9,11H2,(H2,19,20). The lowest BCUT2D eigenvalue weighted by atomic mass is 10.0. The summed E-state index contributed by atoms with van der Waals surface area (Å²) in [5, 5.41) is 3.59. The molecule has 0 aliphatic heterocycles. The van der Waals surface area contributed by atoms with Crippen molar-refractivity contribution >= 4 is 38.7 Å². The van der Waals surface area contributed by atoms with Gasteiger partial charge in [0, 0.05) is 17.2 Å². The van der Waals surface area contributed by atoms with E-state index in [1.54, 1.807) is 6.08 Å². The Kier molecular flexibility index (Phi) is 4.48. The molecule has 23 heavy (non-hydrogen) atoms. The van der Waals surface area contributed by atoms with E-state index in [9.17, 15) is 4.79 Å². The van der Waals surface area contributed by atoms with Crippen molar-refractivity contribution in [3.8, 4) is 0 Å². The Morgan fingerprint density at radius 1 is 1.30 bits per heavy atom. The molecule has 0 unspecified atom stereocenters. The molecular weight excluding hydrogens is 308 g/mol. The molecule has 0 aliphatic rings. The molecule has 0 atom stereocenters. The van der Waals surface area contributed by atoms with Gasteiger partial charge in [-0.25, -0.2) is 4.79 Å². The predicted octanol–water partition coefficient (Wildman–Crippen LogP) is 3.68. The fourth-order valence-corrected chi connectivity index (χ4v) is 3.18. The second kappa shape index (κ2) is 6.71. The second-order valence-corrected chi connectivity index (χ2v) is 6.00. The van der Waals surface area contributed by atoms with Crippen LogP contribution in [0.3, 0.4) is 0 Å². The Balaban J connectivity index is 2.09. The number of hydrogen-bond acceptors (Lipinski definition) is 4. The van der Waals surface area contributed by atoms with Gasteiger partial charge < -0.3 is 10.2 Å². The minimum Gasteiger partial charge on any atom is -0.423 e. The SMILES string of the molecule is C=CCN=C(N)SCc1cc(=O)oc2ccc3ccccc3c12. The van der Waals surface area contributed by atoms with Crippen LogP contribution in [0.15, 0.2) is 69.3 Å². The molecule has 0 aliphatic carbocycles. The molecule has 2 N–H and O–H groups in total. The van der Waals surface area contributed by atoms with Gasteiger partial charge in [0.1, 0.15) is 5.58 Å². The molecule has 0 fully saturated rings. The number of amidine groups is 1. The zero-order chi connectivity index (χ0) is 16.2. The van der Waals surface area contributed by atoms with E-state index in [4.69, 9.17) is 10.2 Å². The highest BCUT2D eigenvalue weighted by Crippen LogP contribution is 2.29. The van der Waals surface area contributed by atoms with Crippen molar-refractivity contribution in [1.29, 1.82) is 0 Å². The third kappa shape index (κ3) is 3.29. The van der Waals surface area contributed by atoms with Crippen molar-refractivity contribution in [2.75, 3.05) is 6.54 Å². The minimum atomic E-state index is -0.356. The van der Waals surface area contributed by atoms with Crippen LogP contribution in [-0.2, 0) is 5.75 Å². The summed E-state index contributed by atoms with van der Waals surface area (Å²) in [5.74, 6) is 0.558. The van der Waals surface area contributed by atoms with Crippen LogP contribution in [0.25, 0.3) is 21.7 Å². The fraction of sp³-hybridized carbons (Fsp3) is 0.111. The molecule has 3 rings (SSSR count). The molecule has 3 aromatic rings. The number of hydrogen-bond donors (Lipinski definition) is 1. The van der Waals surface area contributed by atoms with E-state index in [1.807, 2.05) is 36.4 Å². The van der Waals surface area contributed by atoms with Gasteiger partial charge in [-0.2, -0.15) is 0 Å². The van der Waals surface area contributed by atoms with Gasteiger partial charge in [0.25, 0.3) is 0 Å². The van der Waals surface area contributed by atoms with Crippen molar-refractivity contribution in [2.24, 2.45) is 10.7 Å². The Bertz CT molecular complexity index is 960. The largest absolute Gasteiger partial charge is 0.423 e.